The fourth-order valence-corrected chi connectivity index (χ4v) is 2.28. The minimum absolute atomic E-state index is 0.109. The fraction of sp³-hybridized carbons (Fsp3) is 0.176. The summed E-state index contributed by atoms with van der Waals surface area (Å²) in [4.78, 5) is 23.3. The van der Waals surface area contributed by atoms with Crippen LogP contribution in [0.1, 0.15) is 35.8 Å². The van der Waals surface area contributed by atoms with Crippen LogP contribution in [0.25, 0.3) is 0 Å². The van der Waals surface area contributed by atoms with Crippen LogP contribution in [0, 0.1) is 0 Å². The Kier molecular flexibility index (Phi) is 5.17. The summed E-state index contributed by atoms with van der Waals surface area (Å²) in [6.07, 6.45) is 0. The molecule has 2 aromatic rings. The molecule has 0 radical (unpaired) electrons. The van der Waals surface area contributed by atoms with Crippen molar-refractivity contribution in [2.75, 3.05) is 5.32 Å². The molecule has 2 amide bonds. The van der Waals surface area contributed by atoms with Gasteiger partial charge in [0.2, 0.25) is 5.91 Å². The second-order valence-electron chi connectivity index (χ2n) is 4.98. The van der Waals surface area contributed by atoms with E-state index in [0.717, 1.165) is 5.56 Å². The molecule has 0 heterocycles. The van der Waals surface area contributed by atoms with Crippen molar-refractivity contribution >= 4 is 29.1 Å². The molecule has 0 bridgehead atoms. The van der Waals surface area contributed by atoms with E-state index in [1.807, 2.05) is 37.3 Å². The van der Waals surface area contributed by atoms with Crippen LogP contribution >= 0.6 is 11.6 Å². The van der Waals surface area contributed by atoms with Crippen molar-refractivity contribution in [1.29, 1.82) is 0 Å². The Bertz CT molecular complexity index is 686. The lowest BCUT2D eigenvalue weighted by Gasteiger charge is -2.15. The van der Waals surface area contributed by atoms with E-state index in [4.69, 9.17) is 11.6 Å². The number of amides is 2. The van der Waals surface area contributed by atoms with Crippen LogP contribution in [0.5, 0.6) is 0 Å². The van der Waals surface area contributed by atoms with Gasteiger partial charge in [0.15, 0.2) is 0 Å². The molecule has 0 aliphatic heterocycles. The van der Waals surface area contributed by atoms with Crippen LogP contribution in [0.3, 0.4) is 0 Å². The van der Waals surface area contributed by atoms with E-state index in [2.05, 4.69) is 10.6 Å². The van der Waals surface area contributed by atoms with Crippen LogP contribution < -0.4 is 10.6 Å². The predicted octanol–water partition coefficient (Wildman–Crippen LogP) is 3.79. The van der Waals surface area contributed by atoms with E-state index >= 15 is 0 Å². The van der Waals surface area contributed by atoms with Crippen molar-refractivity contribution in [2.24, 2.45) is 0 Å². The van der Waals surface area contributed by atoms with Crippen LogP contribution in [-0.4, -0.2) is 11.8 Å². The van der Waals surface area contributed by atoms with Crippen LogP contribution in [0.15, 0.2) is 48.5 Å². The first kappa shape index (κ1) is 16.0. The molecule has 1 atom stereocenters. The van der Waals surface area contributed by atoms with E-state index < -0.39 is 0 Å². The molecule has 0 aliphatic carbocycles. The standard InChI is InChI=1S/C17H17ClN2O2/c1-11(13-6-4-3-5-7-13)19-17(22)14-8-9-16(15(18)10-14)20-12(2)21/h3-11H,1-2H3,(H,19,22)(H,20,21)/t11-/m0/s1. The molecule has 114 valence electrons. The number of hydrogen-bond donors (Lipinski definition) is 2. The average molecular weight is 317 g/mol. The summed E-state index contributed by atoms with van der Waals surface area (Å²) in [5.41, 5.74) is 1.96. The molecular weight excluding hydrogens is 300 g/mol. The van der Waals surface area contributed by atoms with Gasteiger partial charge in [-0.2, -0.15) is 0 Å². The fourth-order valence-electron chi connectivity index (χ4n) is 2.05. The van der Waals surface area contributed by atoms with Gasteiger partial charge >= 0.3 is 0 Å². The lowest BCUT2D eigenvalue weighted by molar-refractivity contribution is -0.114. The highest BCUT2D eigenvalue weighted by Crippen LogP contribution is 2.23. The van der Waals surface area contributed by atoms with Crippen molar-refractivity contribution in [3.8, 4) is 0 Å². The van der Waals surface area contributed by atoms with E-state index in [-0.39, 0.29) is 17.9 Å². The predicted molar refractivity (Wildman–Crippen MR) is 88.1 cm³/mol. The number of carbonyl (C=O) groups is 2. The molecule has 4 nitrogen and oxygen atoms in total. The van der Waals surface area contributed by atoms with Crippen molar-refractivity contribution in [1.82, 2.24) is 5.32 Å². The van der Waals surface area contributed by atoms with Gasteiger partial charge < -0.3 is 10.6 Å². The van der Waals surface area contributed by atoms with Gasteiger partial charge in [0.05, 0.1) is 16.8 Å². The van der Waals surface area contributed by atoms with E-state index in [1.165, 1.54) is 6.92 Å². The number of halogens is 1. The summed E-state index contributed by atoms with van der Waals surface area (Å²) in [7, 11) is 0. The summed E-state index contributed by atoms with van der Waals surface area (Å²) < 4.78 is 0. The highest BCUT2D eigenvalue weighted by molar-refractivity contribution is 6.34. The second kappa shape index (κ2) is 7.09. The third-order valence-corrected chi connectivity index (χ3v) is 3.50. The lowest BCUT2D eigenvalue weighted by atomic mass is 10.1. The smallest absolute Gasteiger partial charge is 0.251 e. The first-order valence-corrected chi connectivity index (χ1v) is 7.28. The highest BCUT2D eigenvalue weighted by Gasteiger charge is 2.13. The maximum absolute atomic E-state index is 12.3. The average Bonchev–Trinajstić information content (AvgIpc) is 2.49. The summed E-state index contributed by atoms with van der Waals surface area (Å²) >= 11 is 6.08. The first-order valence-electron chi connectivity index (χ1n) is 6.90. The maximum Gasteiger partial charge on any atom is 0.251 e. The number of benzene rings is 2. The van der Waals surface area contributed by atoms with Crippen LogP contribution in [0.2, 0.25) is 5.02 Å². The summed E-state index contributed by atoms with van der Waals surface area (Å²) in [5, 5.41) is 5.85. The third-order valence-electron chi connectivity index (χ3n) is 3.19. The summed E-state index contributed by atoms with van der Waals surface area (Å²) in [6.45, 7) is 3.32. The summed E-state index contributed by atoms with van der Waals surface area (Å²) in [5.74, 6) is -0.426. The topological polar surface area (TPSA) is 58.2 Å². The molecule has 2 aromatic carbocycles. The van der Waals surface area contributed by atoms with E-state index in [1.54, 1.807) is 18.2 Å². The SMILES string of the molecule is CC(=O)Nc1ccc(C(=O)N[C@@H](C)c2ccccc2)cc1Cl. The minimum Gasteiger partial charge on any atom is -0.346 e. The Morgan fingerprint density at radius 3 is 2.36 bits per heavy atom. The molecule has 2 rings (SSSR count). The van der Waals surface area contributed by atoms with E-state index in [0.29, 0.717) is 16.3 Å². The third kappa shape index (κ3) is 4.09. The van der Waals surface area contributed by atoms with Gasteiger partial charge in [0.25, 0.3) is 5.91 Å². The number of hydrogen-bond acceptors (Lipinski definition) is 2. The highest BCUT2D eigenvalue weighted by atomic mass is 35.5. The number of carbonyl (C=O) groups excluding carboxylic acids is 2. The monoisotopic (exact) mass is 316 g/mol. The molecule has 0 saturated carbocycles. The van der Waals surface area contributed by atoms with E-state index in [9.17, 15) is 9.59 Å². The Balaban J connectivity index is 2.10. The molecular formula is C17H17ClN2O2. The minimum atomic E-state index is -0.215. The zero-order valence-electron chi connectivity index (χ0n) is 12.4. The molecule has 0 fully saturated rings. The van der Waals surface area contributed by atoms with Gasteiger partial charge in [-0.05, 0) is 30.7 Å². The molecule has 0 saturated heterocycles. The van der Waals surface area contributed by atoms with Crippen molar-refractivity contribution in [2.45, 2.75) is 19.9 Å². The Labute approximate surface area is 134 Å². The Morgan fingerprint density at radius 2 is 1.77 bits per heavy atom. The molecule has 0 aliphatic rings. The van der Waals surface area contributed by atoms with Gasteiger partial charge in [0, 0.05) is 12.5 Å². The Hall–Kier alpha value is -2.33. The molecule has 22 heavy (non-hydrogen) atoms. The zero-order valence-corrected chi connectivity index (χ0v) is 13.1. The van der Waals surface area contributed by atoms with Crippen molar-refractivity contribution in [3.05, 3.63) is 64.7 Å². The number of rotatable bonds is 4. The Morgan fingerprint density at radius 1 is 1.09 bits per heavy atom. The van der Waals surface area contributed by atoms with Gasteiger partial charge in [0.1, 0.15) is 0 Å². The molecule has 2 N–H and O–H groups in total. The molecule has 5 heteroatoms. The molecule has 0 unspecified atom stereocenters. The van der Waals surface area contributed by atoms with Gasteiger partial charge in [-0.3, -0.25) is 9.59 Å². The largest absolute Gasteiger partial charge is 0.346 e. The van der Waals surface area contributed by atoms with Crippen LogP contribution in [0.4, 0.5) is 5.69 Å². The van der Waals surface area contributed by atoms with Crippen LogP contribution in [-0.2, 0) is 4.79 Å². The first-order chi connectivity index (χ1) is 10.5. The molecule has 0 spiro atoms. The van der Waals surface area contributed by atoms with Crippen molar-refractivity contribution in [3.63, 3.8) is 0 Å². The van der Waals surface area contributed by atoms with Gasteiger partial charge in [-0.25, -0.2) is 0 Å². The quantitative estimate of drug-likeness (QED) is 0.901. The number of nitrogens with one attached hydrogen (secondary N) is 2. The maximum atomic E-state index is 12.3. The number of anilines is 1. The second-order valence-corrected chi connectivity index (χ2v) is 5.39. The van der Waals surface area contributed by atoms with Gasteiger partial charge in [-0.15, -0.1) is 0 Å². The van der Waals surface area contributed by atoms with Crippen molar-refractivity contribution < 1.29 is 9.59 Å². The molecule has 0 aromatic heterocycles. The lowest BCUT2D eigenvalue weighted by Crippen LogP contribution is -2.26. The normalized spacial score (nSPS) is 11.6. The zero-order chi connectivity index (χ0) is 16.1. The van der Waals surface area contributed by atoms with Gasteiger partial charge in [-0.1, -0.05) is 41.9 Å². The summed E-state index contributed by atoms with van der Waals surface area (Å²) in [6, 6.07) is 14.4.